The van der Waals surface area contributed by atoms with Crippen LogP contribution in [0.4, 0.5) is 17.1 Å². The number of anilines is 2. The lowest BCUT2D eigenvalue weighted by Gasteiger charge is -2.37. The number of carbonyl (C=O) groups excluding carboxylic acids is 2. The van der Waals surface area contributed by atoms with E-state index < -0.39 is 4.92 Å². The molecule has 1 fully saturated rings. The standard InChI is InChI=1S/C21H23ClN4O4/c1-2-20(28)24-10-12-25(13-11-24)21-17(22)4-3-5-18(21)23-19(27)14-15-6-8-16(9-7-15)26(29)30/h3-9H,2,10-14H2,1H3,(H,23,27). The highest BCUT2D eigenvalue weighted by atomic mass is 35.5. The van der Waals surface area contributed by atoms with Crippen LogP contribution in [0.5, 0.6) is 0 Å². The molecule has 1 N–H and O–H groups in total. The lowest BCUT2D eigenvalue weighted by molar-refractivity contribution is -0.384. The van der Waals surface area contributed by atoms with Gasteiger partial charge in [0.25, 0.3) is 5.69 Å². The quantitative estimate of drug-likeness (QED) is 0.559. The third kappa shape index (κ3) is 5.07. The Bertz CT molecular complexity index is 941. The van der Waals surface area contributed by atoms with E-state index in [0.717, 1.165) is 5.69 Å². The fraction of sp³-hybridized carbons (Fsp3) is 0.333. The number of nitro groups is 1. The molecule has 0 atom stereocenters. The summed E-state index contributed by atoms with van der Waals surface area (Å²) in [6.45, 7) is 4.31. The summed E-state index contributed by atoms with van der Waals surface area (Å²) < 4.78 is 0. The second kappa shape index (κ2) is 9.58. The van der Waals surface area contributed by atoms with Crippen molar-refractivity contribution in [2.45, 2.75) is 19.8 Å². The second-order valence-electron chi connectivity index (χ2n) is 7.01. The minimum absolute atomic E-state index is 0.0167. The van der Waals surface area contributed by atoms with Crippen LogP contribution in [0, 0.1) is 10.1 Å². The van der Waals surface area contributed by atoms with Crippen molar-refractivity contribution >= 4 is 40.5 Å². The summed E-state index contributed by atoms with van der Waals surface area (Å²) in [7, 11) is 0. The topological polar surface area (TPSA) is 95.8 Å². The van der Waals surface area contributed by atoms with Gasteiger partial charge in [-0.05, 0) is 17.7 Å². The molecule has 0 aromatic heterocycles. The summed E-state index contributed by atoms with van der Waals surface area (Å²) in [5.41, 5.74) is 2.00. The van der Waals surface area contributed by atoms with Gasteiger partial charge in [-0.15, -0.1) is 0 Å². The lowest BCUT2D eigenvalue weighted by Crippen LogP contribution is -2.48. The van der Waals surface area contributed by atoms with Gasteiger partial charge >= 0.3 is 0 Å². The third-order valence-electron chi connectivity index (χ3n) is 5.02. The van der Waals surface area contributed by atoms with E-state index in [0.29, 0.717) is 48.9 Å². The van der Waals surface area contributed by atoms with Crippen molar-refractivity contribution < 1.29 is 14.5 Å². The summed E-state index contributed by atoms with van der Waals surface area (Å²) in [6, 6.07) is 11.2. The number of carbonyl (C=O) groups is 2. The Morgan fingerprint density at radius 3 is 2.37 bits per heavy atom. The minimum atomic E-state index is -0.476. The van der Waals surface area contributed by atoms with Crippen molar-refractivity contribution in [2.24, 2.45) is 0 Å². The molecule has 0 aliphatic carbocycles. The number of non-ortho nitro benzene ring substituents is 1. The monoisotopic (exact) mass is 430 g/mol. The predicted octanol–water partition coefficient (Wildman–Crippen LogP) is 3.49. The molecule has 8 nitrogen and oxygen atoms in total. The highest BCUT2D eigenvalue weighted by Gasteiger charge is 2.24. The Balaban J connectivity index is 1.69. The molecular weight excluding hydrogens is 408 g/mol. The summed E-state index contributed by atoms with van der Waals surface area (Å²) in [6.07, 6.45) is 0.568. The number of benzene rings is 2. The molecule has 2 amide bonds. The fourth-order valence-electron chi connectivity index (χ4n) is 3.46. The van der Waals surface area contributed by atoms with Crippen LogP contribution >= 0.6 is 11.6 Å². The van der Waals surface area contributed by atoms with E-state index >= 15 is 0 Å². The maximum absolute atomic E-state index is 12.6. The molecule has 1 aliphatic heterocycles. The molecule has 0 unspecified atom stereocenters. The smallest absolute Gasteiger partial charge is 0.269 e. The zero-order chi connectivity index (χ0) is 21.7. The van der Waals surface area contributed by atoms with E-state index in [1.807, 2.05) is 11.8 Å². The first-order valence-electron chi connectivity index (χ1n) is 9.73. The van der Waals surface area contributed by atoms with Crippen molar-refractivity contribution in [3.8, 4) is 0 Å². The Labute approximate surface area is 179 Å². The molecule has 9 heteroatoms. The average Bonchev–Trinajstić information content (AvgIpc) is 2.74. The van der Waals surface area contributed by atoms with Gasteiger partial charge in [0.15, 0.2) is 0 Å². The number of piperazine rings is 1. The molecule has 0 bridgehead atoms. The van der Waals surface area contributed by atoms with E-state index in [1.165, 1.54) is 12.1 Å². The Morgan fingerprint density at radius 2 is 1.77 bits per heavy atom. The van der Waals surface area contributed by atoms with E-state index in [2.05, 4.69) is 10.2 Å². The Morgan fingerprint density at radius 1 is 1.10 bits per heavy atom. The lowest BCUT2D eigenvalue weighted by atomic mass is 10.1. The van der Waals surface area contributed by atoms with Crippen molar-refractivity contribution in [1.82, 2.24) is 4.90 Å². The molecule has 0 radical (unpaired) electrons. The van der Waals surface area contributed by atoms with Crippen LogP contribution in [0.1, 0.15) is 18.9 Å². The molecular formula is C21H23ClN4O4. The SMILES string of the molecule is CCC(=O)N1CCN(c2c(Cl)cccc2NC(=O)Cc2ccc([N+](=O)[O-])cc2)CC1. The number of nitrogens with zero attached hydrogens (tertiary/aromatic N) is 3. The molecule has 30 heavy (non-hydrogen) atoms. The van der Waals surface area contributed by atoms with Crippen LogP contribution in [0.15, 0.2) is 42.5 Å². The zero-order valence-corrected chi connectivity index (χ0v) is 17.4. The number of nitro benzene ring substituents is 1. The number of hydrogen-bond acceptors (Lipinski definition) is 5. The number of amides is 2. The Hall–Kier alpha value is -3.13. The first-order chi connectivity index (χ1) is 14.4. The van der Waals surface area contributed by atoms with Gasteiger partial charge in [-0.25, -0.2) is 0 Å². The van der Waals surface area contributed by atoms with Crippen LogP contribution in [0.2, 0.25) is 5.02 Å². The van der Waals surface area contributed by atoms with E-state index in [4.69, 9.17) is 11.6 Å². The van der Waals surface area contributed by atoms with Gasteiger partial charge in [0.1, 0.15) is 0 Å². The number of nitrogens with one attached hydrogen (secondary N) is 1. The van der Waals surface area contributed by atoms with Crippen LogP contribution in [0.3, 0.4) is 0 Å². The highest BCUT2D eigenvalue weighted by molar-refractivity contribution is 6.34. The molecule has 2 aromatic rings. The van der Waals surface area contributed by atoms with Crippen LogP contribution < -0.4 is 10.2 Å². The third-order valence-corrected chi connectivity index (χ3v) is 5.33. The van der Waals surface area contributed by atoms with Gasteiger partial charge in [-0.2, -0.15) is 0 Å². The van der Waals surface area contributed by atoms with Crippen molar-refractivity contribution in [1.29, 1.82) is 0 Å². The van der Waals surface area contributed by atoms with Gasteiger partial charge in [0.2, 0.25) is 11.8 Å². The van der Waals surface area contributed by atoms with Crippen molar-refractivity contribution in [3.63, 3.8) is 0 Å². The number of para-hydroxylation sites is 1. The van der Waals surface area contributed by atoms with Gasteiger partial charge in [0, 0.05) is 44.7 Å². The molecule has 0 spiro atoms. The maximum atomic E-state index is 12.6. The first-order valence-corrected chi connectivity index (χ1v) is 10.1. The molecule has 1 heterocycles. The summed E-state index contributed by atoms with van der Waals surface area (Å²) >= 11 is 6.44. The summed E-state index contributed by atoms with van der Waals surface area (Å²) in [4.78, 5) is 38.7. The molecule has 3 rings (SSSR count). The number of halogens is 1. The minimum Gasteiger partial charge on any atom is -0.365 e. The van der Waals surface area contributed by atoms with Crippen molar-refractivity contribution in [2.75, 3.05) is 36.4 Å². The summed E-state index contributed by atoms with van der Waals surface area (Å²) in [5.74, 6) is -0.113. The number of hydrogen-bond donors (Lipinski definition) is 1. The largest absolute Gasteiger partial charge is 0.365 e. The molecule has 2 aromatic carbocycles. The maximum Gasteiger partial charge on any atom is 0.269 e. The molecule has 158 valence electrons. The van der Waals surface area contributed by atoms with Crippen molar-refractivity contribution in [3.05, 3.63) is 63.2 Å². The molecule has 1 saturated heterocycles. The first kappa shape index (κ1) is 21.6. The van der Waals surface area contributed by atoms with Gasteiger partial charge in [-0.3, -0.25) is 19.7 Å². The van der Waals surface area contributed by atoms with E-state index in [-0.39, 0.29) is 23.9 Å². The van der Waals surface area contributed by atoms with E-state index in [9.17, 15) is 19.7 Å². The molecule has 1 aliphatic rings. The van der Waals surface area contributed by atoms with Gasteiger partial charge in [0.05, 0.1) is 27.7 Å². The second-order valence-corrected chi connectivity index (χ2v) is 7.41. The van der Waals surface area contributed by atoms with Crippen LogP contribution in [0.25, 0.3) is 0 Å². The highest BCUT2D eigenvalue weighted by Crippen LogP contribution is 2.34. The van der Waals surface area contributed by atoms with E-state index in [1.54, 1.807) is 30.3 Å². The fourth-order valence-corrected chi connectivity index (χ4v) is 3.75. The summed E-state index contributed by atoms with van der Waals surface area (Å²) in [5, 5.41) is 14.2. The zero-order valence-electron chi connectivity index (χ0n) is 16.6. The van der Waals surface area contributed by atoms with Gasteiger partial charge in [-0.1, -0.05) is 36.7 Å². The molecule has 0 saturated carbocycles. The number of rotatable bonds is 6. The van der Waals surface area contributed by atoms with Crippen LogP contribution in [-0.2, 0) is 16.0 Å². The Kier molecular flexibility index (Phi) is 6.89. The normalized spacial score (nSPS) is 13.8. The van der Waals surface area contributed by atoms with Gasteiger partial charge < -0.3 is 15.1 Å². The average molecular weight is 431 g/mol. The predicted molar refractivity (Wildman–Crippen MR) is 116 cm³/mol. The van der Waals surface area contributed by atoms with Crippen LogP contribution in [-0.4, -0.2) is 47.8 Å².